The first kappa shape index (κ1) is 18.5. The third kappa shape index (κ3) is 3.03. The number of hydrogen-bond donors (Lipinski definition) is 5. The van der Waals surface area contributed by atoms with Crippen molar-refractivity contribution in [2.75, 3.05) is 11.9 Å². The first-order chi connectivity index (χ1) is 13.5. The number of fused-ring (bicyclic) bond motifs is 1. The van der Waals surface area contributed by atoms with Crippen molar-refractivity contribution in [2.24, 2.45) is 0 Å². The quantitative estimate of drug-likeness (QED) is 0.402. The highest BCUT2D eigenvalue weighted by molar-refractivity contribution is 5.82. The average Bonchev–Trinajstić information content (AvgIpc) is 3.23. The molecule has 4 rings (SSSR count). The second-order valence-corrected chi connectivity index (χ2v) is 6.37. The van der Waals surface area contributed by atoms with Gasteiger partial charge in [-0.3, -0.25) is 4.57 Å². The summed E-state index contributed by atoms with van der Waals surface area (Å²) in [6.45, 7) is -0.486. The molecule has 2 aromatic heterocycles. The van der Waals surface area contributed by atoms with Crippen LogP contribution in [0.25, 0.3) is 11.2 Å². The van der Waals surface area contributed by atoms with E-state index in [0.29, 0.717) is 11.2 Å². The Hall–Kier alpha value is -2.86. The molecule has 0 saturated carbocycles. The number of nitrogens with zero attached hydrogens (tertiary/aromatic N) is 4. The number of phenolic OH excluding ortho intramolecular Hbond substituents is 1. The number of anilines is 1. The first-order valence-corrected chi connectivity index (χ1v) is 8.51. The number of ether oxygens (including phenoxy) is 1. The third-order valence-electron chi connectivity index (χ3n) is 4.68. The Morgan fingerprint density at radius 3 is 2.71 bits per heavy atom. The van der Waals surface area contributed by atoms with E-state index in [1.165, 1.54) is 35.4 Å². The Morgan fingerprint density at radius 1 is 1.18 bits per heavy atom. The molecule has 0 radical (unpaired) electrons. The van der Waals surface area contributed by atoms with Gasteiger partial charge in [-0.15, -0.1) is 0 Å². The standard InChI is InChI=1S/C17H18FN5O5/c18-9-2-1-3-10(25)8(9)4-19-15-12-16(21-6-20-15)23(7-22-12)17-14(27)13(26)11(5-24)28-17/h1-3,6-7,11,13-14,17,24-27H,4-5H2,(H,19,20,21)/t11-,13-,14-,17?/m1/s1. The van der Waals surface area contributed by atoms with Crippen molar-refractivity contribution in [3.63, 3.8) is 0 Å². The molecule has 5 N–H and O–H groups in total. The van der Waals surface area contributed by atoms with Crippen molar-refractivity contribution in [1.29, 1.82) is 0 Å². The Bertz CT molecular complexity index is 979. The molecule has 28 heavy (non-hydrogen) atoms. The SMILES string of the molecule is OC[C@H]1OC(n2cnc3c(NCc4c(O)cccc4F)ncnc32)[C@H](O)[C@@H]1O. The van der Waals surface area contributed by atoms with E-state index in [2.05, 4.69) is 20.3 Å². The summed E-state index contributed by atoms with van der Waals surface area (Å²) in [7, 11) is 0. The van der Waals surface area contributed by atoms with Crippen molar-refractivity contribution >= 4 is 17.0 Å². The van der Waals surface area contributed by atoms with Crippen LogP contribution in [0.2, 0.25) is 0 Å². The fourth-order valence-electron chi connectivity index (χ4n) is 3.17. The van der Waals surface area contributed by atoms with Gasteiger partial charge in [-0.1, -0.05) is 6.07 Å². The van der Waals surface area contributed by atoms with Gasteiger partial charge >= 0.3 is 0 Å². The van der Waals surface area contributed by atoms with Crippen LogP contribution in [0, 0.1) is 5.82 Å². The van der Waals surface area contributed by atoms with Crippen LogP contribution >= 0.6 is 0 Å². The zero-order valence-electron chi connectivity index (χ0n) is 14.5. The molecule has 0 spiro atoms. The number of aliphatic hydroxyl groups excluding tert-OH is 3. The molecule has 10 nitrogen and oxygen atoms in total. The molecule has 1 unspecified atom stereocenters. The lowest BCUT2D eigenvalue weighted by atomic mass is 10.1. The number of aromatic hydroxyl groups is 1. The summed E-state index contributed by atoms with van der Waals surface area (Å²) >= 11 is 0. The Labute approximate surface area is 157 Å². The molecule has 1 fully saturated rings. The highest BCUT2D eigenvalue weighted by atomic mass is 19.1. The summed E-state index contributed by atoms with van der Waals surface area (Å²) in [6.07, 6.45) is -1.83. The molecule has 0 aliphatic carbocycles. The lowest BCUT2D eigenvalue weighted by Gasteiger charge is -2.16. The van der Waals surface area contributed by atoms with Crippen LogP contribution in [0.4, 0.5) is 10.2 Å². The molecule has 1 aliphatic rings. The average molecular weight is 391 g/mol. The third-order valence-corrected chi connectivity index (χ3v) is 4.68. The van der Waals surface area contributed by atoms with E-state index in [1.54, 1.807) is 0 Å². The van der Waals surface area contributed by atoms with Crippen LogP contribution in [-0.2, 0) is 11.3 Å². The van der Waals surface area contributed by atoms with Crippen LogP contribution < -0.4 is 5.32 Å². The minimum atomic E-state index is -1.28. The second-order valence-electron chi connectivity index (χ2n) is 6.37. The van der Waals surface area contributed by atoms with Crippen LogP contribution in [-0.4, -0.2) is 64.9 Å². The number of hydrogen-bond acceptors (Lipinski definition) is 9. The highest BCUT2D eigenvalue weighted by Gasteiger charge is 2.44. The van der Waals surface area contributed by atoms with Crippen molar-refractivity contribution in [2.45, 2.75) is 31.1 Å². The predicted molar refractivity (Wildman–Crippen MR) is 93.7 cm³/mol. The van der Waals surface area contributed by atoms with E-state index in [0.717, 1.165) is 0 Å². The van der Waals surface area contributed by atoms with E-state index < -0.39 is 37.0 Å². The summed E-state index contributed by atoms with van der Waals surface area (Å²) in [5.41, 5.74) is 0.721. The maximum absolute atomic E-state index is 13.9. The Kier molecular flexibility index (Phi) is 4.81. The normalized spacial score (nSPS) is 24.7. The van der Waals surface area contributed by atoms with Gasteiger partial charge in [0.2, 0.25) is 0 Å². The number of nitrogens with one attached hydrogen (secondary N) is 1. The molecule has 4 atom stereocenters. The van der Waals surface area contributed by atoms with E-state index in [9.17, 15) is 24.8 Å². The van der Waals surface area contributed by atoms with Gasteiger partial charge in [-0.2, -0.15) is 0 Å². The number of imidazole rings is 1. The summed E-state index contributed by atoms with van der Waals surface area (Å²) in [4.78, 5) is 12.4. The Balaban J connectivity index is 1.62. The van der Waals surface area contributed by atoms with Gasteiger partial charge < -0.3 is 30.5 Å². The van der Waals surface area contributed by atoms with Gasteiger partial charge in [0, 0.05) is 12.1 Å². The van der Waals surface area contributed by atoms with Gasteiger partial charge in [0.05, 0.1) is 12.9 Å². The van der Waals surface area contributed by atoms with Gasteiger partial charge in [-0.25, -0.2) is 19.3 Å². The van der Waals surface area contributed by atoms with Gasteiger partial charge in [0.25, 0.3) is 0 Å². The molecule has 3 aromatic rings. The summed E-state index contributed by atoms with van der Waals surface area (Å²) < 4.78 is 20.8. The largest absolute Gasteiger partial charge is 0.507 e. The van der Waals surface area contributed by atoms with E-state index in [-0.39, 0.29) is 23.7 Å². The molecule has 1 aliphatic heterocycles. The fraction of sp³-hybridized carbons (Fsp3) is 0.353. The summed E-state index contributed by atoms with van der Waals surface area (Å²) in [5, 5.41) is 42.1. The van der Waals surface area contributed by atoms with Gasteiger partial charge in [0.1, 0.15) is 36.2 Å². The lowest BCUT2D eigenvalue weighted by molar-refractivity contribution is -0.0511. The fourth-order valence-corrected chi connectivity index (χ4v) is 3.17. The van der Waals surface area contributed by atoms with Crippen LogP contribution in [0.3, 0.4) is 0 Å². The topological polar surface area (TPSA) is 146 Å². The Morgan fingerprint density at radius 2 is 2.00 bits per heavy atom. The van der Waals surface area contributed by atoms with Crippen molar-refractivity contribution in [1.82, 2.24) is 19.5 Å². The molecule has 1 aromatic carbocycles. The summed E-state index contributed by atoms with van der Waals surface area (Å²) in [5.74, 6) is -0.456. The van der Waals surface area contributed by atoms with Crippen molar-refractivity contribution in [3.05, 3.63) is 42.2 Å². The first-order valence-electron chi connectivity index (χ1n) is 8.51. The molecule has 0 amide bonds. The van der Waals surface area contributed by atoms with Gasteiger partial charge in [-0.05, 0) is 12.1 Å². The number of aliphatic hydroxyl groups is 3. The maximum atomic E-state index is 13.9. The highest BCUT2D eigenvalue weighted by Crippen LogP contribution is 2.32. The number of benzene rings is 1. The zero-order valence-corrected chi connectivity index (χ0v) is 14.5. The monoisotopic (exact) mass is 391 g/mol. The number of aromatic nitrogens is 4. The predicted octanol–water partition coefficient (Wildman–Crippen LogP) is -0.105. The minimum Gasteiger partial charge on any atom is -0.507 e. The lowest BCUT2D eigenvalue weighted by Crippen LogP contribution is -2.33. The molecular weight excluding hydrogens is 373 g/mol. The van der Waals surface area contributed by atoms with Crippen LogP contribution in [0.1, 0.15) is 11.8 Å². The van der Waals surface area contributed by atoms with Crippen molar-refractivity contribution in [3.8, 4) is 5.75 Å². The molecule has 148 valence electrons. The molecule has 0 bridgehead atoms. The molecule has 3 heterocycles. The maximum Gasteiger partial charge on any atom is 0.167 e. The molecule has 1 saturated heterocycles. The molecular formula is C17H18FN5O5. The van der Waals surface area contributed by atoms with Crippen molar-refractivity contribution < 1.29 is 29.6 Å². The number of rotatable bonds is 5. The minimum absolute atomic E-state index is 0.0364. The van der Waals surface area contributed by atoms with E-state index in [4.69, 9.17) is 4.74 Å². The van der Waals surface area contributed by atoms with Gasteiger partial charge in [0.15, 0.2) is 23.2 Å². The summed E-state index contributed by atoms with van der Waals surface area (Å²) in [6, 6.07) is 4.02. The van der Waals surface area contributed by atoms with Crippen LogP contribution in [0.5, 0.6) is 5.75 Å². The van der Waals surface area contributed by atoms with E-state index in [1.807, 2.05) is 0 Å². The number of phenols is 1. The van der Waals surface area contributed by atoms with E-state index >= 15 is 0 Å². The van der Waals surface area contributed by atoms with Crippen LogP contribution in [0.15, 0.2) is 30.9 Å². The zero-order chi connectivity index (χ0) is 19.8. The molecule has 11 heteroatoms. The number of halogens is 1. The second kappa shape index (κ2) is 7.28. The smallest absolute Gasteiger partial charge is 0.167 e.